The first kappa shape index (κ1) is 10.6. The molecule has 0 aromatic heterocycles. The molecule has 1 fully saturated rings. The Morgan fingerprint density at radius 3 is 3.00 bits per heavy atom. The number of nitrogens with one attached hydrogen (secondary N) is 1. The van der Waals surface area contributed by atoms with Gasteiger partial charge < -0.3 is 11.1 Å². The second-order valence-corrected chi connectivity index (χ2v) is 3.75. The summed E-state index contributed by atoms with van der Waals surface area (Å²) in [5, 5.41) is 3.50. The highest BCUT2D eigenvalue weighted by molar-refractivity contribution is 4.95. The summed E-state index contributed by atoms with van der Waals surface area (Å²) in [5.41, 5.74) is 5.89. The molecule has 0 amide bonds. The van der Waals surface area contributed by atoms with E-state index in [1.54, 1.807) is 0 Å². The Labute approximate surface area is 81.3 Å². The van der Waals surface area contributed by atoms with E-state index in [1.165, 1.54) is 19.3 Å². The summed E-state index contributed by atoms with van der Waals surface area (Å²) in [6.07, 6.45) is 5.86. The van der Waals surface area contributed by atoms with Crippen LogP contribution in [0.15, 0.2) is 0 Å². The fraction of sp³-hybridized carbons (Fsp3) is 0.818. The Balaban J connectivity index is 2.08. The van der Waals surface area contributed by atoms with Crippen molar-refractivity contribution in [3.05, 3.63) is 0 Å². The van der Waals surface area contributed by atoms with E-state index in [9.17, 15) is 0 Å². The fourth-order valence-corrected chi connectivity index (χ4v) is 1.88. The van der Waals surface area contributed by atoms with Crippen LogP contribution in [0.1, 0.15) is 39.0 Å². The second kappa shape index (κ2) is 6.01. The van der Waals surface area contributed by atoms with Gasteiger partial charge in [0, 0.05) is 25.0 Å². The summed E-state index contributed by atoms with van der Waals surface area (Å²) in [7, 11) is 0. The van der Waals surface area contributed by atoms with Crippen molar-refractivity contribution in [2.75, 3.05) is 6.54 Å². The Morgan fingerprint density at radius 2 is 2.31 bits per heavy atom. The third kappa shape index (κ3) is 4.31. The van der Waals surface area contributed by atoms with Gasteiger partial charge in [0.05, 0.1) is 0 Å². The molecule has 0 saturated heterocycles. The number of rotatable bonds is 3. The van der Waals surface area contributed by atoms with E-state index in [4.69, 9.17) is 5.73 Å². The lowest BCUT2D eigenvalue weighted by molar-refractivity contribution is 0.342. The molecule has 1 rings (SSSR count). The third-order valence-electron chi connectivity index (χ3n) is 2.57. The molecular formula is C11H20N2. The summed E-state index contributed by atoms with van der Waals surface area (Å²) < 4.78 is 0. The van der Waals surface area contributed by atoms with Crippen LogP contribution in [-0.2, 0) is 0 Å². The minimum Gasteiger partial charge on any atom is -0.328 e. The number of nitrogens with two attached hydrogens (primary N) is 1. The maximum absolute atomic E-state index is 5.89. The molecule has 1 aliphatic carbocycles. The SMILES string of the molecule is CC#CCCNC1CCCC(N)C1. The topological polar surface area (TPSA) is 38.0 Å². The average Bonchev–Trinajstić information content (AvgIpc) is 2.13. The van der Waals surface area contributed by atoms with Crippen LogP contribution in [0, 0.1) is 11.8 Å². The van der Waals surface area contributed by atoms with Crippen molar-refractivity contribution in [3.63, 3.8) is 0 Å². The predicted molar refractivity (Wildman–Crippen MR) is 56.3 cm³/mol. The molecule has 2 heteroatoms. The molecule has 0 bridgehead atoms. The molecule has 2 atom stereocenters. The molecular weight excluding hydrogens is 160 g/mol. The minimum absolute atomic E-state index is 0.420. The smallest absolute Gasteiger partial charge is 0.0214 e. The lowest BCUT2D eigenvalue weighted by Gasteiger charge is -2.27. The molecule has 0 heterocycles. The van der Waals surface area contributed by atoms with E-state index in [-0.39, 0.29) is 0 Å². The van der Waals surface area contributed by atoms with Crippen LogP contribution in [0.2, 0.25) is 0 Å². The molecule has 0 aromatic rings. The van der Waals surface area contributed by atoms with E-state index in [0.29, 0.717) is 12.1 Å². The van der Waals surface area contributed by atoms with E-state index in [0.717, 1.165) is 19.4 Å². The Hall–Kier alpha value is -0.520. The van der Waals surface area contributed by atoms with Crippen LogP contribution in [0.5, 0.6) is 0 Å². The van der Waals surface area contributed by atoms with Gasteiger partial charge in [-0.15, -0.1) is 11.8 Å². The number of hydrogen-bond acceptors (Lipinski definition) is 2. The van der Waals surface area contributed by atoms with Crippen molar-refractivity contribution < 1.29 is 0 Å². The molecule has 0 spiro atoms. The maximum Gasteiger partial charge on any atom is 0.0214 e. The summed E-state index contributed by atoms with van der Waals surface area (Å²) in [6.45, 7) is 2.90. The van der Waals surface area contributed by atoms with Gasteiger partial charge in [-0.1, -0.05) is 6.42 Å². The summed E-state index contributed by atoms with van der Waals surface area (Å²) in [6, 6.07) is 1.06. The first-order chi connectivity index (χ1) is 6.33. The molecule has 74 valence electrons. The second-order valence-electron chi connectivity index (χ2n) is 3.75. The van der Waals surface area contributed by atoms with Gasteiger partial charge in [-0.25, -0.2) is 0 Å². The van der Waals surface area contributed by atoms with Gasteiger partial charge in [-0.3, -0.25) is 0 Å². The first-order valence-electron chi connectivity index (χ1n) is 5.21. The molecule has 0 radical (unpaired) electrons. The van der Waals surface area contributed by atoms with Crippen LogP contribution in [-0.4, -0.2) is 18.6 Å². The molecule has 0 aliphatic heterocycles. The van der Waals surface area contributed by atoms with Crippen molar-refractivity contribution in [2.24, 2.45) is 5.73 Å². The van der Waals surface area contributed by atoms with Crippen LogP contribution in [0.4, 0.5) is 0 Å². The van der Waals surface area contributed by atoms with Gasteiger partial charge in [0.25, 0.3) is 0 Å². The van der Waals surface area contributed by atoms with Crippen molar-refractivity contribution in [1.82, 2.24) is 5.32 Å². The van der Waals surface area contributed by atoms with Crippen LogP contribution < -0.4 is 11.1 Å². The van der Waals surface area contributed by atoms with E-state index < -0.39 is 0 Å². The zero-order chi connectivity index (χ0) is 9.52. The zero-order valence-electron chi connectivity index (χ0n) is 8.47. The molecule has 13 heavy (non-hydrogen) atoms. The standard InChI is InChI=1S/C11H20N2/c1-2-3-4-8-13-11-7-5-6-10(12)9-11/h10-11,13H,4-9,12H2,1H3. The van der Waals surface area contributed by atoms with Gasteiger partial charge in [0.1, 0.15) is 0 Å². The highest BCUT2D eigenvalue weighted by Crippen LogP contribution is 2.16. The van der Waals surface area contributed by atoms with Crippen molar-refractivity contribution >= 4 is 0 Å². The maximum atomic E-state index is 5.89. The highest BCUT2D eigenvalue weighted by atomic mass is 14.9. The molecule has 2 nitrogen and oxygen atoms in total. The van der Waals surface area contributed by atoms with Crippen molar-refractivity contribution in [3.8, 4) is 11.8 Å². The molecule has 1 aliphatic rings. The number of hydrogen-bond donors (Lipinski definition) is 2. The van der Waals surface area contributed by atoms with Crippen LogP contribution in [0.3, 0.4) is 0 Å². The largest absolute Gasteiger partial charge is 0.328 e. The van der Waals surface area contributed by atoms with Crippen molar-refractivity contribution in [1.29, 1.82) is 0 Å². The van der Waals surface area contributed by atoms with Gasteiger partial charge in [-0.05, 0) is 26.2 Å². The van der Waals surface area contributed by atoms with Crippen LogP contribution in [0.25, 0.3) is 0 Å². The van der Waals surface area contributed by atoms with E-state index >= 15 is 0 Å². The summed E-state index contributed by atoms with van der Waals surface area (Å²) in [5.74, 6) is 5.95. The van der Waals surface area contributed by atoms with Gasteiger partial charge in [0.2, 0.25) is 0 Å². The summed E-state index contributed by atoms with van der Waals surface area (Å²) >= 11 is 0. The quantitative estimate of drug-likeness (QED) is 0.507. The van der Waals surface area contributed by atoms with E-state index in [1.807, 2.05) is 6.92 Å². The molecule has 2 unspecified atom stereocenters. The van der Waals surface area contributed by atoms with Gasteiger partial charge in [0.15, 0.2) is 0 Å². The zero-order valence-corrected chi connectivity index (χ0v) is 8.47. The van der Waals surface area contributed by atoms with Crippen molar-refractivity contribution in [2.45, 2.75) is 51.1 Å². The predicted octanol–water partition coefficient (Wildman–Crippen LogP) is 1.26. The first-order valence-corrected chi connectivity index (χ1v) is 5.21. The molecule has 0 aromatic carbocycles. The minimum atomic E-state index is 0.420. The molecule has 3 N–H and O–H groups in total. The Morgan fingerprint density at radius 1 is 1.46 bits per heavy atom. The highest BCUT2D eigenvalue weighted by Gasteiger charge is 2.17. The third-order valence-corrected chi connectivity index (χ3v) is 2.57. The lowest BCUT2D eigenvalue weighted by atomic mass is 9.91. The molecule has 1 saturated carbocycles. The Bertz CT molecular complexity index is 190. The van der Waals surface area contributed by atoms with Gasteiger partial charge >= 0.3 is 0 Å². The lowest BCUT2D eigenvalue weighted by Crippen LogP contribution is -2.39. The van der Waals surface area contributed by atoms with Crippen LogP contribution >= 0.6 is 0 Å². The monoisotopic (exact) mass is 180 g/mol. The van der Waals surface area contributed by atoms with Gasteiger partial charge in [-0.2, -0.15) is 0 Å². The Kier molecular flexibility index (Phi) is 4.88. The van der Waals surface area contributed by atoms with E-state index in [2.05, 4.69) is 17.2 Å². The normalized spacial score (nSPS) is 27.8. The average molecular weight is 180 g/mol. The fourth-order valence-electron chi connectivity index (χ4n) is 1.88. The summed E-state index contributed by atoms with van der Waals surface area (Å²) in [4.78, 5) is 0.